The lowest BCUT2D eigenvalue weighted by molar-refractivity contribution is -0.384. The molecule has 0 amide bonds. The van der Waals surface area contributed by atoms with Crippen LogP contribution in [-0.2, 0) is 10.2 Å². The molecule has 0 unspecified atom stereocenters. The highest BCUT2D eigenvalue weighted by Gasteiger charge is 2.34. The predicted molar refractivity (Wildman–Crippen MR) is 91.6 cm³/mol. The normalized spacial score (nSPS) is 16.5. The number of hydrogen-bond acceptors (Lipinski definition) is 4. The van der Waals surface area contributed by atoms with Gasteiger partial charge in [-0.3, -0.25) is 14.9 Å². The first-order valence-electron chi connectivity index (χ1n) is 7.62. The van der Waals surface area contributed by atoms with Crippen molar-refractivity contribution in [3.05, 3.63) is 75.3 Å². The summed E-state index contributed by atoms with van der Waals surface area (Å²) in [5.74, 6) is -0.252. The van der Waals surface area contributed by atoms with Gasteiger partial charge in [0.2, 0.25) is 0 Å². The number of aliphatic hydroxyl groups is 1. The Morgan fingerprint density at radius 2 is 1.71 bits per heavy atom. The van der Waals surface area contributed by atoms with Crippen molar-refractivity contribution in [1.82, 2.24) is 0 Å². The topological polar surface area (TPSA) is 80.4 Å². The first-order valence-corrected chi connectivity index (χ1v) is 7.62. The number of carbonyl (C=O) groups excluding carboxylic acids is 1. The van der Waals surface area contributed by atoms with Gasteiger partial charge < -0.3 is 5.11 Å². The molecule has 122 valence electrons. The van der Waals surface area contributed by atoms with Crippen LogP contribution in [0, 0.1) is 10.1 Å². The Morgan fingerprint density at radius 1 is 1.08 bits per heavy atom. The third kappa shape index (κ3) is 2.58. The van der Waals surface area contributed by atoms with Crippen LogP contribution in [0.25, 0.3) is 11.3 Å². The van der Waals surface area contributed by atoms with Crippen LogP contribution < -0.4 is 0 Å². The van der Waals surface area contributed by atoms with Crippen molar-refractivity contribution in [2.75, 3.05) is 0 Å². The molecule has 1 aliphatic rings. The number of carbonyl (C=O) groups is 1. The minimum absolute atomic E-state index is 0.0550. The molecule has 0 saturated heterocycles. The van der Waals surface area contributed by atoms with E-state index >= 15 is 0 Å². The van der Waals surface area contributed by atoms with E-state index in [1.807, 2.05) is 32.0 Å². The summed E-state index contributed by atoms with van der Waals surface area (Å²) in [6, 6.07) is 13.1. The van der Waals surface area contributed by atoms with Crippen molar-refractivity contribution >= 4 is 22.8 Å². The Bertz CT molecular complexity index is 863. The molecule has 3 rings (SSSR count). The third-order valence-electron chi connectivity index (χ3n) is 4.40. The number of allylic oxidation sites excluding steroid dienone is 1. The Labute approximate surface area is 139 Å². The fourth-order valence-corrected chi connectivity index (χ4v) is 3.18. The lowest BCUT2D eigenvalue weighted by Crippen LogP contribution is -2.21. The van der Waals surface area contributed by atoms with E-state index < -0.39 is 10.3 Å². The van der Waals surface area contributed by atoms with Crippen LogP contribution in [0.3, 0.4) is 0 Å². The fraction of sp³-hybridized carbons (Fsp3) is 0.211. The molecular weight excluding hydrogens is 306 g/mol. The van der Waals surface area contributed by atoms with Crippen LogP contribution in [0.1, 0.15) is 37.0 Å². The molecule has 1 aliphatic carbocycles. The predicted octanol–water partition coefficient (Wildman–Crippen LogP) is 4.27. The van der Waals surface area contributed by atoms with E-state index in [1.54, 1.807) is 6.07 Å². The van der Waals surface area contributed by atoms with Gasteiger partial charge in [0, 0.05) is 24.1 Å². The van der Waals surface area contributed by atoms with Gasteiger partial charge in [-0.05, 0) is 28.7 Å². The molecule has 0 radical (unpaired) electrons. The fourth-order valence-electron chi connectivity index (χ4n) is 3.18. The van der Waals surface area contributed by atoms with Gasteiger partial charge >= 0.3 is 0 Å². The Hall–Kier alpha value is -2.95. The van der Waals surface area contributed by atoms with E-state index in [0.29, 0.717) is 11.1 Å². The second-order valence-corrected chi connectivity index (χ2v) is 6.56. The van der Waals surface area contributed by atoms with Crippen molar-refractivity contribution in [3.8, 4) is 0 Å². The zero-order valence-corrected chi connectivity index (χ0v) is 13.4. The van der Waals surface area contributed by atoms with Crippen molar-refractivity contribution in [2.24, 2.45) is 0 Å². The number of non-ortho nitro benzene ring substituents is 1. The molecule has 5 heteroatoms. The molecule has 5 nitrogen and oxygen atoms in total. The molecule has 0 saturated carbocycles. The first kappa shape index (κ1) is 15.9. The first-order chi connectivity index (χ1) is 11.3. The molecule has 0 aliphatic heterocycles. The van der Waals surface area contributed by atoms with Crippen LogP contribution in [0.15, 0.2) is 48.5 Å². The second kappa shape index (κ2) is 5.60. The zero-order chi connectivity index (χ0) is 17.5. The van der Waals surface area contributed by atoms with Gasteiger partial charge in [0.15, 0.2) is 5.78 Å². The van der Waals surface area contributed by atoms with Gasteiger partial charge in [-0.2, -0.15) is 0 Å². The van der Waals surface area contributed by atoms with Gasteiger partial charge in [0.25, 0.3) is 5.69 Å². The summed E-state index contributed by atoms with van der Waals surface area (Å²) in [4.78, 5) is 23.1. The molecular formula is C19H17NO4. The highest BCUT2D eigenvalue weighted by Crippen LogP contribution is 2.40. The number of nitro benzene ring substituents is 1. The van der Waals surface area contributed by atoms with Gasteiger partial charge in [0.05, 0.1) is 10.5 Å². The zero-order valence-electron chi connectivity index (χ0n) is 13.4. The molecule has 24 heavy (non-hydrogen) atoms. The Morgan fingerprint density at radius 3 is 2.33 bits per heavy atom. The highest BCUT2D eigenvalue weighted by molar-refractivity contribution is 6.27. The molecule has 2 aromatic carbocycles. The minimum atomic E-state index is -0.495. The lowest BCUT2D eigenvalue weighted by atomic mass is 9.79. The van der Waals surface area contributed by atoms with Gasteiger partial charge in [0.1, 0.15) is 5.76 Å². The van der Waals surface area contributed by atoms with Gasteiger partial charge in [-0.15, -0.1) is 0 Å². The molecule has 1 N–H and O–H groups in total. The molecule has 0 fully saturated rings. The number of nitrogens with zero attached hydrogens (tertiary/aromatic N) is 1. The number of benzene rings is 2. The van der Waals surface area contributed by atoms with Crippen LogP contribution >= 0.6 is 0 Å². The van der Waals surface area contributed by atoms with E-state index in [1.165, 1.54) is 24.3 Å². The average Bonchev–Trinajstić information content (AvgIpc) is 2.61. The van der Waals surface area contributed by atoms with Gasteiger partial charge in [-0.25, -0.2) is 0 Å². The van der Waals surface area contributed by atoms with Gasteiger partial charge in [-0.1, -0.05) is 38.1 Å². The number of ketones is 1. The molecule has 0 atom stereocenters. The molecule has 2 aromatic rings. The summed E-state index contributed by atoms with van der Waals surface area (Å²) >= 11 is 0. The maximum absolute atomic E-state index is 12.8. The monoisotopic (exact) mass is 323 g/mol. The summed E-state index contributed by atoms with van der Waals surface area (Å²) in [5, 5.41) is 21.6. The number of nitro groups is 1. The van der Waals surface area contributed by atoms with Crippen molar-refractivity contribution in [1.29, 1.82) is 0 Å². The summed E-state index contributed by atoms with van der Waals surface area (Å²) in [7, 11) is 0. The number of Topliss-reactive ketones (excluding diaryl/α,β-unsaturated/α-hetero) is 1. The van der Waals surface area contributed by atoms with E-state index in [-0.39, 0.29) is 29.2 Å². The van der Waals surface area contributed by atoms with E-state index in [4.69, 9.17) is 0 Å². The van der Waals surface area contributed by atoms with Crippen LogP contribution in [0.2, 0.25) is 0 Å². The average molecular weight is 323 g/mol. The molecule has 0 spiro atoms. The third-order valence-corrected chi connectivity index (χ3v) is 4.40. The maximum Gasteiger partial charge on any atom is 0.269 e. The molecule has 0 aromatic heterocycles. The van der Waals surface area contributed by atoms with Crippen molar-refractivity contribution in [2.45, 2.75) is 25.7 Å². The second-order valence-electron chi connectivity index (χ2n) is 6.56. The Balaban J connectivity index is 2.20. The summed E-state index contributed by atoms with van der Waals surface area (Å²) in [5.41, 5.74) is 1.76. The molecule has 0 bridgehead atoms. The summed E-state index contributed by atoms with van der Waals surface area (Å²) in [6.07, 6.45) is 0.250. The van der Waals surface area contributed by atoms with Crippen molar-refractivity contribution < 1.29 is 14.8 Å². The van der Waals surface area contributed by atoms with E-state index in [9.17, 15) is 20.0 Å². The number of hydrogen-bond donors (Lipinski definition) is 1. The SMILES string of the molecule is CC1(C)CC(=O)C(c2ccc([N+](=O)[O-])cc2)=C(O)c2ccccc21. The number of fused-ring (bicyclic) bond motifs is 1. The number of rotatable bonds is 2. The van der Waals surface area contributed by atoms with Crippen molar-refractivity contribution in [3.63, 3.8) is 0 Å². The maximum atomic E-state index is 12.8. The standard InChI is InChI=1S/C19H17NO4/c1-19(2)11-16(21)17(12-7-9-13(10-8-12)20(23)24)18(22)14-5-3-4-6-15(14)19/h3-10,22H,11H2,1-2H3. The van der Waals surface area contributed by atoms with E-state index in [2.05, 4.69) is 0 Å². The Kier molecular flexibility index (Phi) is 3.72. The quantitative estimate of drug-likeness (QED) is 0.661. The largest absolute Gasteiger partial charge is 0.507 e. The number of aliphatic hydroxyl groups excluding tert-OH is 1. The minimum Gasteiger partial charge on any atom is -0.507 e. The smallest absolute Gasteiger partial charge is 0.269 e. The highest BCUT2D eigenvalue weighted by atomic mass is 16.6. The summed E-state index contributed by atoms with van der Waals surface area (Å²) in [6.45, 7) is 3.94. The molecule has 0 heterocycles. The lowest BCUT2D eigenvalue weighted by Gasteiger charge is -2.24. The van der Waals surface area contributed by atoms with Crippen LogP contribution in [0.4, 0.5) is 5.69 Å². The van der Waals surface area contributed by atoms with E-state index in [0.717, 1.165) is 5.56 Å². The summed E-state index contributed by atoms with van der Waals surface area (Å²) < 4.78 is 0. The van der Waals surface area contributed by atoms with Crippen LogP contribution in [0.5, 0.6) is 0 Å². The van der Waals surface area contributed by atoms with Crippen LogP contribution in [-0.4, -0.2) is 15.8 Å².